The van der Waals surface area contributed by atoms with Gasteiger partial charge in [0.25, 0.3) is 0 Å². The average molecular weight is 438 g/mol. The number of rotatable bonds is 11. The highest BCUT2D eigenvalue weighted by Crippen LogP contribution is 2.37. The van der Waals surface area contributed by atoms with Crippen LogP contribution >= 0.6 is 0 Å². The molecule has 3 rings (SSSR count). The van der Waals surface area contributed by atoms with Crippen LogP contribution in [0.15, 0.2) is 53.2 Å². The van der Waals surface area contributed by atoms with Crippen LogP contribution in [0.25, 0.3) is 27.7 Å². The molecule has 0 aliphatic heterocycles. The molecule has 3 aromatic rings. The first-order valence-electron chi connectivity index (χ1n) is 10.9. The topological polar surface area (TPSA) is 69.9 Å². The Balaban J connectivity index is 1.94. The quantitative estimate of drug-likeness (QED) is 0.319. The first-order chi connectivity index (χ1) is 15.6. The number of carbonyl (C=O) groups excluding carboxylic acids is 1. The molecule has 1 amide bonds. The van der Waals surface area contributed by atoms with Gasteiger partial charge in [-0.25, -0.2) is 0 Å². The van der Waals surface area contributed by atoms with Gasteiger partial charge in [-0.3, -0.25) is 4.79 Å². The second-order valence-electron chi connectivity index (χ2n) is 7.35. The van der Waals surface area contributed by atoms with E-state index in [2.05, 4.69) is 5.32 Å². The van der Waals surface area contributed by atoms with Crippen LogP contribution in [0.1, 0.15) is 32.8 Å². The van der Waals surface area contributed by atoms with Crippen molar-refractivity contribution in [3.8, 4) is 22.6 Å². The predicted molar refractivity (Wildman–Crippen MR) is 127 cm³/mol. The molecule has 0 aliphatic carbocycles. The molecule has 0 bridgehead atoms. The number of methoxy groups -OCH3 is 1. The molecule has 1 aromatic heterocycles. The molecule has 6 heteroatoms. The van der Waals surface area contributed by atoms with Gasteiger partial charge in [-0.05, 0) is 56.5 Å². The molecule has 0 saturated carbocycles. The molecule has 0 unspecified atom stereocenters. The first-order valence-corrected chi connectivity index (χ1v) is 10.9. The summed E-state index contributed by atoms with van der Waals surface area (Å²) < 4.78 is 22.3. The van der Waals surface area contributed by atoms with Crippen LogP contribution in [0.4, 0.5) is 0 Å². The number of hydrogen-bond acceptors (Lipinski definition) is 5. The Morgan fingerprint density at radius 3 is 2.53 bits per heavy atom. The lowest BCUT2D eigenvalue weighted by molar-refractivity contribution is -0.116. The third-order valence-corrected chi connectivity index (χ3v) is 5.05. The molecule has 0 aliphatic rings. The van der Waals surface area contributed by atoms with Gasteiger partial charge in [-0.15, -0.1) is 0 Å². The zero-order valence-electron chi connectivity index (χ0n) is 19.2. The van der Waals surface area contributed by atoms with Crippen LogP contribution in [0.5, 0.6) is 11.5 Å². The van der Waals surface area contributed by atoms with E-state index in [1.54, 1.807) is 19.4 Å². The summed E-state index contributed by atoms with van der Waals surface area (Å²) in [6, 6.07) is 11.8. The number of amides is 1. The van der Waals surface area contributed by atoms with E-state index >= 15 is 0 Å². The third kappa shape index (κ3) is 5.71. The largest absolute Gasteiger partial charge is 0.494 e. The van der Waals surface area contributed by atoms with Gasteiger partial charge in [0, 0.05) is 48.9 Å². The van der Waals surface area contributed by atoms with Crippen LogP contribution in [-0.2, 0) is 9.53 Å². The molecular formula is C26H31NO5. The van der Waals surface area contributed by atoms with Crippen molar-refractivity contribution in [2.45, 2.75) is 27.2 Å². The zero-order chi connectivity index (χ0) is 22.9. The van der Waals surface area contributed by atoms with E-state index in [1.807, 2.05) is 57.2 Å². The van der Waals surface area contributed by atoms with Crippen LogP contribution in [0.3, 0.4) is 0 Å². The molecule has 2 aromatic carbocycles. The SMILES string of the molecule is CCOc1ccc(-c2coc3cc(OCC)c(/C(C)=C/C(=O)NCCCOC)cc23)cc1. The lowest BCUT2D eigenvalue weighted by Crippen LogP contribution is -2.23. The fraction of sp³-hybridized carbons (Fsp3) is 0.346. The predicted octanol–water partition coefficient (Wildman–Crippen LogP) is 5.45. The highest BCUT2D eigenvalue weighted by Gasteiger charge is 2.15. The number of carbonyl (C=O) groups is 1. The second kappa shape index (κ2) is 11.4. The van der Waals surface area contributed by atoms with E-state index in [0.717, 1.165) is 45.4 Å². The summed E-state index contributed by atoms with van der Waals surface area (Å²) in [5.74, 6) is 1.38. The molecule has 170 valence electrons. The van der Waals surface area contributed by atoms with Gasteiger partial charge in [0.15, 0.2) is 0 Å². The molecule has 6 nitrogen and oxygen atoms in total. The number of ether oxygens (including phenoxy) is 3. The number of nitrogens with one attached hydrogen (secondary N) is 1. The number of benzene rings is 2. The van der Waals surface area contributed by atoms with Crippen LogP contribution in [0, 0.1) is 0 Å². The smallest absolute Gasteiger partial charge is 0.244 e. The van der Waals surface area contributed by atoms with Crippen molar-refractivity contribution >= 4 is 22.4 Å². The van der Waals surface area contributed by atoms with Gasteiger partial charge in [0.1, 0.15) is 17.1 Å². The number of furan rings is 1. The fourth-order valence-electron chi connectivity index (χ4n) is 3.51. The Kier molecular flexibility index (Phi) is 8.34. The van der Waals surface area contributed by atoms with Crippen molar-refractivity contribution in [2.75, 3.05) is 33.5 Å². The third-order valence-electron chi connectivity index (χ3n) is 5.05. The lowest BCUT2D eigenvalue weighted by atomic mass is 9.99. The van der Waals surface area contributed by atoms with Crippen molar-refractivity contribution in [3.05, 3.63) is 54.3 Å². The van der Waals surface area contributed by atoms with Crippen molar-refractivity contribution in [2.24, 2.45) is 0 Å². The van der Waals surface area contributed by atoms with Crippen molar-refractivity contribution < 1.29 is 23.4 Å². The van der Waals surface area contributed by atoms with Crippen molar-refractivity contribution in [1.29, 1.82) is 0 Å². The monoisotopic (exact) mass is 437 g/mol. The van der Waals surface area contributed by atoms with Gasteiger partial charge in [-0.1, -0.05) is 12.1 Å². The van der Waals surface area contributed by atoms with E-state index in [9.17, 15) is 4.79 Å². The van der Waals surface area contributed by atoms with Crippen LogP contribution in [-0.4, -0.2) is 39.4 Å². The highest BCUT2D eigenvalue weighted by molar-refractivity contribution is 6.00. The molecule has 32 heavy (non-hydrogen) atoms. The van der Waals surface area contributed by atoms with Crippen molar-refractivity contribution in [3.63, 3.8) is 0 Å². The summed E-state index contributed by atoms with van der Waals surface area (Å²) >= 11 is 0. The normalized spacial score (nSPS) is 11.6. The first kappa shape index (κ1) is 23.4. The summed E-state index contributed by atoms with van der Waals surface area (Å²) in [4.78, 5) is 12.3. The Hall–Kier alpha value is -3.25. The van der Waals surface area contributed by atoms with E-state index in [0.29, 0.717) is 32.1 Å². The Morgan fingerprint density at radius 2 is 1.84 bits per heavy atom. The fourth-order valence-corrected chi connectivity index (χ4v) is 3.51. The maximum Gasteiger partial charge on any atom is 0.244 e. The Morgan fingerprint density at radius 1 is 1.09 bits per heavy atom. The summed E-state index contributed by atoms with van der Waals surface area (Å²) in [6.07, 6.45) is 4.13. The van der Waals surface area contributed by atoms with Gasteiger partial charge >= 0.3 is 0 Å². The minimum Gasteiger partial charge on any atom is -0.494 e. The zero-order valence-corrected chi connectivity index (χ0v) is 19.2. The summed E-state index contributed by atoms with van der Waals surface area (Å²) in [5.41, 5.74) is 4.42. The van der Waals surface area contributed by atoms with Crippen molar-refractivity contribution in [1.82, 2.24) is 5.32 Å². The Bertz CT molecular complexity index is 1070. The van der Waals surface area contributed by atoms with Crippen LogP contribution < -0.4 is 14.8 Å². The lowest BCUT2D eigenvalue weighted by Gasteiger charge is -2.12. The number of allylic oxidation sites excluding steroid dienone is 1. The molecule has 0 radical (unpaired) electrons. The molecule has 0 atom stereocenters. The molecule has 1 N–H and O–H groups in total. The minimum atomic E-state index is -0.139. The molecular weight excluding hydrogens is 406 g/mol. The number of hydrogen-bond donors (Lipinski definition) is 1. The molecule has 0 spiro atoms. The minimum absolute atomic E-state index is 0.139. The second-order valence-corrected chi connectivity index (χ2v) is 7.35. The molecule has 0 fully saturated rings. The van der Waals surface area contributed by atoms with Gasteiger partial charge in [-0.2, -0.15) is 0 Å². The van der Waals surface area contributed by atoms with Crippen LogP contribution in [0.2, 0.25) is 0 Å². The summed E-state index contributed by atoms with van der Waals surface area (Å²) in [6.45, 7) is 8.13. The summed E-state index contributed by atoms with van der Waals surface area (Å²) in [5, 5.41) is 3.85. The van der Waals surface area contributed by atoms with E-state index in [1.165, 1.54) is 0 Å². The van der Waals surface area contributed by atoms with Gasteiger partial charge < -0.3 is 23.9 Å². The van der Waals surface area contributed by atoms with Gasteiger partial charge in [0.05, 0.1) is 19.5 Å². The Labute approximate surface area is 189 Å². The molecule has 1 heterocycles. The van der Waals surface area contributed by atoms with Gasteiger partial charge in [0.2, 0.25) is 5.91 Å². The van der Waals surface area contributed by atoms with E-state index in [-0.39, 0.29) is 5.91 Å². The standard InChI is InChI=1S/C26H31NO5/c1-5-30-20-10-8-19(9-11-20)23-17-32-25-16-24(31-6-2)21(15-22(23)25)18(3)14-26(28)27-12-7-13-29-4/h8-11,14-17H,5-7,12-13H2,1-4H3,(H,27,28)/b18-14+. The van der Waals surface area contributed by atoms with E-state index in [4.69, 9.17) is 18.6 Å². The van der Waals surface area contributed by atoms with E-state index < -0.39 is 0 Å². The maximum atomic E-state index is 12.3. The molecule has 0 saturated heterocycles. The highest BCUT2D eigenvalue weighted by atomic mass is 16.5. The summed E-state index contributed by atoms with van der Waals surface area (Å²) in [7, 11) is 1.65. The average Bonchev–Trinajstić information content (AvgIpc) is 3.20. The maximum absolute atomic E-state index is 12.3. The number of fused-ring (bicyclic) bond motifs is 1.